The molecule has 0 fully saturated rings. The number of aryl methyl sites for hydroxylation is 1. The maximum Gasteiger partial charge on any atom is 0.151 e. The molecule has 1 aromatic carbocycles. The second-order valence-electron chi connectivity index (χ2n) is 4.24. The van der Waals surface area contributed by atoms with Crippen LogP contribution >= 0.6 is 0 Å². The van der Waals surface area contributed by atoms with Crippen LogP contribution in [-0.2, 0) is 6.54 Å². The zero-order valence-electron chi connectivity index (χ0n) is 11.0. The van der Waals surface area contributed by atoms with Crippen LogP contribution in [0.3, 0.4) is 0 Å². The Kier molecular flexibility index (Phi) is 3.89. The van der Waals surface area contributed by atoms with Gasteiger partial charge in [0.05, 0.1) is 11.9 Å². The fraction of sp³-hybridized carbons (Fsp3) is 0.286. The lowest BCUT2D eigenvalue weighted by molar-refractivity contribution is 0.783. The number of para-hydroxylation sites is 1. The number of anilines is 2. The first-order valence-corrected chi connectivity index (χ1v) is 5.97. The SMILES string of the molecule is CNCc1cncc(N(C)c2ccccc2C)n1. The van der Waals surface area contributed by atoms with Crippen molar-refractivity contribution in [3.8, 4) is 0 Å². The van der Waals surface area contributed by atoms with Crippen molar-refractivity contribution in [2.75, 3.05) is 19.0 Å². The molecular formula is C14H18N4. The maximum absolute atomic E-state index is 4.58. The summed E-state index contributed by atoms with van der Waals surface area (Å²) in [5.41, 5.74) is 3.31. The largest absolute Gasteiger partial charge is 0.328 e. The van der Waals surface area contributed by atoms with E-state index < -0.39 is 0 Å². The molecule has 1 N–H and O–H groups in total. The summed E-state index contributed by atoms with van der Waals surface area (Å²) in [6, 6.07) is 8.25. The molecule has 0 radical (unpaired) electrons. The van der Waals surface area contributed by atoms with Crippen LogP contribution in [0.4, 0.5) is 11.5 Å². The highest BCUT2D eigenvalue weighted by atomic mass is 15.2. The molecule has 0 unspecified atom stereocenters. The number of hydrogen-bond donors (Lipinski definition) is 1. The van der Waals surface area contributed by atoms with Crippen LogP contribution in [-0.4, -0.2) is 24.1 Å². The number of hydrogen-bond acceptors (Lipinski definition) is 4. The number of nitrogens with one attached hydrogen (secondary N) is 1. The van der Waals surface area contributed by atoms with Crippen LogP contribution in [0.5, 0.6) is 0 Å². The zero-order chi connectivity index (χ0) is 13.0. The summed E-state index contributed by atoms with van der Waals surface area (Å²) in [5.74, 6) is 0.858. The minimum Gasteiger partial charge on any atom is -0.328 e. The number of rotatable bonds is 4. The Morgan fingerprint density at radius 3 is 2.72 bits per heavy atom. The molecule has 94 valence electrons. The highest BCUT2D eigenvalue weighted by Crippen LogP contribution is 2.24. The van der Waals surface area contributed by atoms with Gasteiger partial charge in [0.25, 0.3) is 0 Å². The summed E-state index contributed by atoms with van der Waals surface area (Å²) in [6.45, 7) is 2.82. The predicted octanol–water partition coefficient (Wildman–Crippen LogP) is 2.27. The minimum absolute atomic E-state index is 0.725. The summed E-state index contributed by atoms with van der Waals surface area (Å²) in [4.78, 5) is 10.9. The van der Waals surface area contributed by atoms with Crippen LogP contribution in [0.1, 0.15) is 11.3 Å². The molecule has 0 spiro atoms. The lowest BCUT2D eigenvalue weighted by Gasteiger charge is -2.20. The third-order valence-electron chi connectivity index (χ3n) is 2.85. The van der Waals surface area contributed by atoms with Crippen molar-refractivity contribution in [1.29, 1.82) is 0 Å². The van der Waals surface area contributed by atoms with Crippen molar-refractivity contribution in [3.63, 3.8) is 0 Å². The summed E-state index contributed by atoms with van der Waals surface area (Å²) in [6.07, 6.45) is 3.57. The molecule has 0 aliphatic carbocycles. The second-order valence-corrected chi connectivity index (χ2v) is 4.24. The Morgan fingerprint density at radius 2 is 2.00 bits per heavy atom. The average molecular weight is 242 g/mol. The number of nitrogens with zero attached hydrogens (tertiary/aromatic N) is 3. The van der Waals surface area contributed by atoms with E-state index in [1.54, 1.807) is 12.4 Å². The van der Waals surface area contributed by atoms with E-state index in [1.807, 2.05) is 26.2 Å². The molecule has 2 aromatic rings. The van der Waals surface area contributed by atoms with Crippen molar-refractivity contribution in [2.24, 2.45) is 0 Å². The average Bonchev–Trinajstić information content (AvgIpc) is 2.39. The first-order valence-electron chi connectivity index (χ1n) is 5.97. The highest BCUT2D eigenvalue weighted by Gasteiger charge is 2.08. The van der Waals surface area contributed by atoms with E-state index >= 15 is 0 Å². The van der Waals surface area contributed by atoms with Crippen molar-refractivity contribution < 1.29 is 0 Å². The first-order chi connectivity index (χ1) is 8.72. The molecule has 18 heavy (non-hydrogen) atoms. The molecule has 0 bridgehead atoms. The Balaban J connectivity index is 2.31. The molecule has 0 aliphatic rings. The quantitative estimate of drug-likeness (QED) is 0.893. The van der Waals surface area contributed by atoms with E-state index in [4.69, 9.17) is 0 Å². The lowest BCUT2D eigenvalue weighted by atomic mass is 10.2. The smallest absolute Gasteiger partial charge is 0.151 e. The third kappa shape index (κ3) is 2.65. The van der Waals surface area contributed by atoms with Crippen LogP contribution in [0, 0.1) is 6.92 Å². The van der Waals surface area contributed by atoms with Gasteiger partial charge in [-0.15, -0.1) is 0 Å². The van der Waals surface area contributed by atoms with Gasteiger partial charge < -0.3 is 10.2 Å². The van der Waals surface area contributed by atoms with Gasteiger partial charge in [-0.05, 0) is 25.6 Å². The van der Waals surface area contributed by atoms with Gasteiger partial charge in [-0.2, -0.15) is 0 Å². The van der Waals surface area contributed by atoms with Gasteiger partial charge in [0.15, 0.2) is 5.82 Å². The number of benzene rings is 1. The van der Waals surface area contributed by atoms with Crippen LogP contribution in [0.15, 0.2) is 36.7 Å². The van der Waals surface area contributed by atoms with Gasteiger partial charge in [-0.3, -0.25) is 4.98 Å². The Morgan fingerprint density at radius 1 is 1.22 bits per heavy atom. The van der Waals surface area contributed by atoms with E-state index in [1.165, 1.54) is 5.56 Å². The van der Waals surface area contributed by atoms with Crippen LogP contribution in [0.2, 0.25) is 0 Å². The van der Waals surface area contributed by atoms with Crippen LogP contribution < -0.4 is 10.2 Å². The van der Waals surface area contributed by atoms with Gasteiger partial charge in [0.2, 0.25) is 0 Å². The summed E-state index contributed by atoms with van der Waals surface area (Å²) < 4.78 is 0. The standard InChI is InChI=1S/C14H18N4/c1-11-6-4-5-7-13(11)18(3)14-10-16-9-12(17-14)8-15-2/h4-7,9-10,15H,8H2,1-3H3. The molecule has 4 heteroatoms. The van der Waals surface area contributed by atoms with Crippen LogP contribution in [0.25, 0.3) is 0 Å². The van der Waals surface area contributed by atoms with Crippen molar-refractivity contribution in [1.82, 2.24) is 15.3 Å². The Bertz CT molecular complexity index is 525. The molecule has 0 amide bonds. The Labute approximate surface area is 108 Å². The van der Waals surface area contributed by atoms with Crippen molar-refractivity contribution >= 4 is 11.5 Å². The zero-order valence-corrected chi connectivity index (χ0v) is 11.0. The first kappa shape index (κ1) is 12.5. The van der Waals surface area contributed by atoms with E-state index in [0.29, 0.717) is 0 Å². The summed E-state index contributed by atoms with van der Waals surface area (Å²) in [5, 5.41) is 3.08. The van der Waals surface area contributed by atoms with E-state index in [9.17, 15) is 0 Å². The Hall–Kier alpha value is -1.94. The lowest BCUT2D eigenvalue weighted by Crippen LogP contribution is -2.15. The molecule has 0 atom stereocenters. The van der Waals surface area contributed by atoms with Gasteiger partial charge >= 0.3 is 0 Å². The summed E-state index contributed by atoms with van der Waals surface area (Å²) >= 11 is 0. The molecule has 4 nitrogen and oxygen atoms in total. The molecule has 0 saturated carbocycles. The van der Waals surface area contributed by atoms with E-state index in [2.05, 4.69) is 39.2 Å². The van der Waals surface area contributed by atoms with Gasteiger partial charge in [-0.25, -0.2) is 4.98 Å². The highest BCUT2D eigenvalue weighted by molar-refractivity contribution is 5.62. The minimum atomic E-state index is 0.725. The van der Waals surface area contributed by atoms with Gasteiger partial charge in [0, 0.05) is 25.5 Å². The molecule has 0 aliphatic heterocycles. The maximum atomic E-state index is 4.58. The normalized spacial score (nSPS) is 10.4. The summed E-state index contributed by atoms with van der Waals surface area (Å²) in [7, 11) is 3.91. The van der Waals surface area contributed by atoms with Gasteiger partial charge in [-0.1, -0.05) is 18.2 Å². The molecule has 1 aromatic heterocycles. The predicted molar refractivity (Wildman–Crippen MR) is 74.0 cm³/mol. The third-order valence-corrected chi connectivity index (χ3v) is 2.85. The monoisotopic (exact) mass is 242 g/mol. The molecule has 1 heterocycles. The van der Waals surface area contributed by atoms with E-state index in [0.717, 1.165) is 23.7 Å². The van der Waals surface area contributed by atoms with Crippen molar-refractivity contribution in [3.05, 3.63) is 47.9 Å². The number of aromatic nitrogens is 2. The molecular weight excluding hydrogens is 224 g/mol. The fourth-order valence-corrected chi connectivity index (χ4v) is 1.89. The second kappa shape index (κ2) is 5.60. The molecule has 0 saturated heterocycles. The molecule has 2 rings (SSSR count). The van der Waals surface area contributed by atoms with Crippen molar-refractivity contribution in [2.45, 2.75) is 13.5 Å². The fourth-order valence-electron chi connectivity index (χ4n) is 1.89. The topological polar surface area (TPSA) is 41.1 Å². The van der Waals surface area contributed by atoms with E-state index in [-0.39, 0.29) is 0 Å². The van der Waals surface area contributed by atoms with Gasteiger partial charge in [0.1, 0.15) is 0 Å².